The molecule has 3 rings (SSSR count). The third-order valence-electron chi connectivity index (χ3n) is 2.78. The molecule has 0 spiro atoms. The van der Waals surface area contributed by atoms with Gasteiger partial charge in [-0.2, -0.15) is 5.10 Å². The molecule has 0 fully saturated rings. The van der Waals surface area contributed by atoms with Crippen LogP contribution in [0, 0.1) is 5.82 Å². The van der Waals surface area contributed by atoms with Crippen LogP contribution in [0.25, 0.3) is 5.52 Å². The molecule has 1 amide bonds. The van der Waals surface area contributed by atoms with E-state index >= 15 is 0 Å². The SMILES string of the molecule is O=C(Nc1ccn2nccc2c1)c1ccccc1F. The number of benzene rings is 1. The highest BCUT2D eigenvalue weighted by Gasteiger charge is 2.11. The first-order valence-corrected chi connectivity index (χ1v) is 5.73. The maximum Gasteiger partial charge on any atom is 0.258 e. The molecule has 0 aliphatic heterocycles. The van der Waals surface area contributed by atoms with Crippen LogP contribution in [0.15, 0.2) is 54.9 Å². The Labute approximate surface area is 108 Å². The summed E-state index contributed by atoms with van der Waals surface area (Å²) in [6.45, 7) is 0. The van der Waals surface area contributed by atoms with Crippen LogP contribution >= 0.6 is 0 Å². The average Bonchev–Trinajstić information content (AvgIpc) is 2.86. The molecule has 2 aromatic heterocycles. The number of halogens is 1. The summed E-state index contributed by atoms with van der Waals surface area (Å²) in [6.07, 6.45) is 3.39. The fourth-order valence-corrected chi connectivity index (χ4v) is 1.84. The van der Waals surface area contributed by atoms with Crippen molar-refractivity contribution in [2.45, 2.75) is 0 Å². The van der Waals surface area contributed by atoms with Gasteiger partial charge in [-0.1, -0.05) is 12.1 Å². The van der Waals surface area contributed by atoms with E-state index in [1.165, 1.54) is 12.1 Å². The van der Waals surface area contributed by atoms with Crippen molar-refractivity contribution in [1.29, 1.82) is 0 Å². The number of hydrogen-bond donors (Lipinski definition) is 1. The second kappa shape index (κ2) is 4.53. The van der Waals surface area contributed by atoms with Crippen molar-refractivity contribution >= 4 is 17.1 Å². The lowest BCUT2D eigenvalue weighted by molar-refractivity contribution is 0.102. The number of pyridine rings is 1. The summed E-state index contributed by atoms with van der Waals surface area (Å²) < 4.78 is 15.2. The van der Waals surface area contributed by atoms with Crippen LogP contribution in [0.3, 0.4) is 0 Å². The molecule has 94 valence electrons. The number of nitrogens with one attached hydrogen (secondary N) is 1. The fourth-order valence-electron chi connectivity index (χ4n) is 1.84. The Kier molecular flexibility index (Phi) is 2.72. The van der Waals surface area contributed by atoms with Crippen molar-refractivity contribution in [3.63, 3.8) is 0 Å². The van der Waals surface area contributed by atoms with Crippen LogP contribution in [-0.4, -0.2) is 15.5 Å². The van der Waals surface area contributed by atoms with Gasteiger partial charge >= 0.3 is 0 Å². The minimum Gasteiger partial charge on any atom is -0.322 e. The number of aromatic nitrogens is 2. The Bertz CT molecular complexity index is 751. The zero-order valence-corrected chi connectivity index (χ0v) is 9.88. The van der Waals surface area contributed by atoms with E-state index in [0.29, 0.717) is 5.69 Å². The Morgan fingerprint density at radius 2 is 2.05 bits per heavy atom. The Morgan fingerprint density at radius 1 is 1.21 bits per heavy atom. The number of rotatable bonds is 2. The molecule has 3 aromatic rings. The first-order chi connectivity index (χ1) is 9.24. The topological polar surface area (TPSA) is 46.4 Å². The van der Waals surface area contributed by atoms with Crippen molar-refractivity contribution in [1.82, 2.24) is 9.61 Å². The molecule has 4 nitrogen and oxygen atoms in total. The van der Waals surface area contributed by atoms with Gasteiger partial charge in [-0.15, -0.1) is 0 Å². The molecule has 2 heterocycles. The van der Waals surface area contributed by atoms with Gasteiger partial charge in [-0.3, -0.25) is 4.79 Å². The molecule has 0 saturated heterocycles. The summed E-state index contributed by atoms with van der Waals surface area (Å²) in [5, 5.41) is 6.72. The molecule has 1 N–H and O–H groups in total. The second-order valence-corrected chi connectivity index (χ2v) is 4.05. The summed E-state index contributed by atoms with van der Waals surface area (Å²) in [6, 6.07) is 11.2. The summed E-state index contributed by atoms with van der Waals surface area (Å²) in [4.78, 5) is 11.9. The normalized spacial score (nSPS) is 10.6. The first kappa shape index (κ1) is 11.4. The van der Waals surface area contributed by atoms with E-state index in [2.05, 4.69) is 10.4 Å². The van der Waals surface area contributed by atoms with Gasteiger partial charge in [-0.25, -0.2) is 8.91 Å². The smallest absolute Gasteiger partial charge is 0.258 e. The molecule has 0 aliphatic carbocycles. The summed E-state index contributed by atoms with van der Waals surface area (Å²) in [5.41, 5.74) is 1.48. The van der Waals surface area contributed by atoms with Crippen molar-refractivity contribution in [3.05, 3.63) is 66.2 Å². The van der Waals surface area contributed by atoms with Crippen LogP contribution in [0.5, 0.6) is 0 Å². The fraction of sp³-hybridized carbons (Fsp3) is 0. The van der Waals surface area contributed by atoms with Crippen LogP contribution < -0.4 is 5.32 Å². The van der Waals surface area contributed by atoms with Gasteiger partial charge in [0.05, 0.1) is 11.1 Å². The summed E-state index contributed by atoms with van der Waals surface area (Å²) >= 11 is 0. The van der Waals surface area contributed by atoms with Crippen LogP contribution in [0.4, 0.5) is 10.1 Å². The quantitative estimate of drug-likeness (QED) is 0.765. The lowest BCUT2D eigenvalue weighted by Crippen LogP contribution is -2.13. The molecule has 0 radical (unpaired) electrons. The molecular formula is C14H10FN3O. The molecule has 0 unspecified atom stereocenters. The molecule has 1 aromatic carbocycles. The van der Waals surface area contributed by atoms with E-state index in [4.69, 9.17) is 0 Å². The summed E-state index contributed by atoms with van der Waals surface area (Å²) in [5.74, 6) is -1.01. The Hall–Kier alpha value is -2.69. The number of amides is 1. The molecule has 5 heteroatoms. The number of nitrogens with zero attached hydrogens (tertiary/aromatic N) is 2. The molecule has 0 bridgehead atoms. The average molecular weight is 255 g/mol. The lowest BCUT2D eigenvalue weighted by Gasteiger charge is -2.06. The van der Waals surface area contributed by atoms with Gasteiger partial charge in [-0.05, 0) is 30.3 Å². The van der Waals surface area contributed by atoms with Gasteiger partial charge in [0.2, 0.25) is 0 Å². The van der Waals surface area contributed by atoms with E-state index in [-0.39, 0.29) is 5.56 Å². The van der Waals surface area contributed by atoms with Crippen LogP contribution in [0.2, 0.25) is 0 Å². The van der Waals surface area contributed by atoms with E-state index in [9.17, 15) is 9.18 Å². The van der Waals surface area contributed by atoms with Crippen LogP contribution in [0.1, 0.15) is 10.4 Å². The zero-order valence-electron chi connectivity index (χ0n) is 9.88. The highest BCUT2D eigenvalue weighted by atomic mass is 19.1. The van der Waals surface area contributed by atoms with Gasteiger partial charge in [0.15, 0.2) is 0 Å². The van der Waals surface area contributed by atoms with Gasteiger partial charge < -0.3 is 5.32 Å². The number of hydrogen-bond acceptors (Lipinski definition) is 2. The molecule has 0 atom stereocenters. The molecule has 0 saturated carbocycles. The highest BCUT2D eigenvalue weighted by molar-refractivity contribution is 6.04. The minimum absolute atomic E-state index is 0.0240. The third-order valence-corrected chi connectivity index (χ3v) is 2.78. The zero-order chi connectivity index (χ0) is 13.2. The van der Waals surface area contributed by atoms with Crippen molar-refractivity contribution < 1.29 is 9.18 Å². The molecular weight excluding hydrogens is 245 g/mol. The monoisotopic (exact) mass is 255 g/mol. The first-order valence-electron chi connectivity index (χ1n) is 5.73. The van der Waals surface area contributed by atoms with Gasteiger partial charge in [0, 0.05) is 18.1 Å². The maximum atomic E-state index is 13.5. The van der Waals surface area contributed by atoms with E-state index in [1.807, 2.05) is 6.07 Å². The summed E-state index contributed by atoms with van der Waals surface area (Å²) in [7, 11) is 0. The Balaban J connectivity index is 1.88. The number of fused-ring (bicyclic) bond motifs is 1. The standard InChI is InChI=1S/C14H10FN3O/c15-13-4-2-1-3-12(13)14(19)17-10-6-8-18-11(9-10)5-7-16-18/h1-9H,(H,17,19). The van der Waals surface area contributed by atoms with Crippen molar-refractivity contribution in [3.8, 4) is 0 Å². The van der Waals surface area contributed by atoms with Crippen molar-refractivity contribution in [2.24, 2.45) is 0 Å². The minimum atomic E-state index is -0.537. The lowest BCUT2D eigenvalue weighted by atomic mass is 10.2. The van der Waals surface area contributed by atoms with E-state index in [0.717, 1.165) is 5.52 Å². The van der Waals surface area contributed by atoms with Gasteiger partial charge in [0.25, 0.3) is 5.91 Å². The predicted molar refractivity (Wildman–Crippen MR) is 69.5 cm³/mol. The number of carbonyl (C=O) groups is 1. The number of carbonyl (C=O) groups excluding carboxylic acids is 1. The second-order valence-electron chi connectivity index (χ2n) is 4.05. The largest absolute Gasteiger partial charge is 0.322 e. The van der Waals surface area contributed by atoms with Gasteiger partial charge in [0.1, 0.15) is 5.82 Å². The predicted octanol–water partition coefficient (Wildman–Crippen LogP) is 2.73. The van der Waals surface area contributed by atoms with E-state index < -0.39 is 11.7 Å². The van der Waals surface area contributed by atoms with E-state index in [1.54, 1.807) is 41.2 Å². The van der Waals surface area contributed by atoms with Crippen LogP contribution in [-0.2, 0) is 0 Å². The highest BCUT2D eigenvalue weighted by Crippen LogP contribution is 2.14. The number of anilines is 1. The molecule has 19 heavy (non-hydrogen) atoms. The third kappa shape index (κ3) is 2.18. The Morgan fingerprint density at radius 3 is 2.89 bits per heavy atom. The molecule has 0 aliphatic rings. The maximum absolute atomic E-state index is 13.5. The van der Waals surface area contributed by atoms with Crippen molar-refractivity contribution in [2.75, 3.05) is 5.32 Å².